The van der Waals surface area contributed by atoms with Crippen LogP contribution in [0.1, 0.15) is 48.0 Å². The third-order valence-electron chi connectivity index (χ3n) is 5.60. The summed E-state index contributed by atoms with van der Waals surface area (Å²) >= 11 is 0. The van der Waals surface area contributed by atoms with Crippen LogP contribution in [-0.4, -0.2) is 23.3 Å². The monoisotopic (exact) mass is 211 g/mol. The van der Waals surface area contributed by atoms with Crippen LogP contribution in [0.2, 0.25) is 0 Å². The van der Waals surface area contributed by atoms with Crippen LogP contribution < -0.4 is 5.32 Å². The van der Waals surface area contributed by atoms with E-state index in [-0.39, 0.29) is 11.5 Å². The molecule has 0 amide bonds. The zero-order chi connectivity index (χ0) is 11.6. The maximum atomic E-state index is 9.70. The van der Waals surface area contributed by atoms with Crippen LogP contribution in [0.3, 0.4) is 0 Å². The molecule has 0 aromatic rings. The van der Waals surface area contributed by atoms with Crippen LogP contribution in [0.15, 0.2) is 0 Å². The average molecular weight is 211 g/mol. The maximum Gasteiger partial charge on any atom is 0.0621 e. The van der Waals surface area contributed by atoms with Crippen molar-refractivity contribution in [2.45, 2.75) is 66.2 Å². The SMILES string of the molecule is CC1(C)C(O)CC1NC1C(C)(C)C1(C)C. The fourth-order valence-corrected chi connectivity index (χ4v) is 3.00. The van der Waals surface area contributed by atoms with Gasteiger partial charge in [-0.15, -0.1) is 0 Å². The van der Waals surface area contributed by atoms with E-state index in [1.165, 1.54) is 0 Å². The van der Waals surface area contributed by atoms with Crippen molar-refractivity contribution in [3.05, 3.63) is 0 Å². The normalized spacial score (nSPS) is 41.0. The molecular formula is C13H25NO. The van der Waals surface area contributed by atoms with Crippen molar-refractivity contribution in [3.63, 3.8) is 0 Å². The van der Waals surface area contributed by atoms with Gasteiger partial charge in [0.15, 0.2) is 0 Å². The fraction of sp³-hybridized carbons (Fsp3) is 1.00. The molecule has 2 aliphatic carbocycles. The largest absolute Gasteiger partial charge is 0.392 e. The van der Waals surface area contributed by atoms with E-state index >= 15 is 0 Å². The van der Waals surface area contributed by atoms with Gasteiger partial charge in [-0.25, -0.2) is 0 Å². The highest BCUT2D eigenvalue weighted by atomic mass is 16.3. The summed E-state index contributed by atoms with van der Waals surface area (Å²) in [4.78, 5) is 0. The Hall–Kier alpha value is -0.0800. The molecule has 0 saturated heterocycles. The Morgan fingerprint density at radius 2 is 1.47 bits per heavy atom. The van der Waals surface area contributed by atoms with Crippen molar-refractivity contribution < 1.29 is 5.11 Å². The van der Waals surface area contributed by atoms with Crippen LogP contribution in [-0.2, 0) is 0 Å². The molecular weight excluding hydrogens is 186 g/mol. The topological polar surface area (TPSA) is 32.3 Å². The predicted molar refractivity (Wildman–Crippen MR) is 62.7 cm³/mol. The van der Waals surface area contributed by atoms with E-state index in [1.54, 1.807) is 0 Å². The molecule has 2 unspecified atom stereocenters. The lowest BCUT2D eigenvalue weighted by Crippen LogP contribution is -2.61. The molecule has 2 N–H and O–H groups in total. The van der Waals surface area contributed by atoms with Gasteiger partial charge >= 0.3 is 0 Å². The van der Waals surface area contributed by atoms with E-state index in [4.69, 9.17) is 0 Å². The first-order chi connectivity index (χ1) is 6.62. The average Bonchev–Trinajstić information content (AvgIpc) is 2.46. The third kappa shape index (κ3) is 1.31. The molecule has 0 aromatic carbocycles. The molecule has 2 aliphatic rings. The first-order valence-electron chi connectivity index (χ1n) is 6.06. The molecule has 0 radical (unpaired) electrons. The van der Waals surface area contributed by atoms with E-state index in [2.05, 4.69) is 46.9 Å². The van der Waals surface area contributed by atoms with Gasteiger partial charge in [0.1, 0.15) is 0 Å². The van der Waals surface area contributed by atoms with Gasteiger partial charge in [-0.05, 0) is 17.3 Å². The Bertz CT molecular complexity index is 266. The van der Waals surface area contributed by atoms with Crippen LogP contribution in [0, 0.1) is 16.2 Å². The standard InChI is InChI=1S/C13H25NO/c1-11(2)8(7-9(11)15)14-10-12(3,4)13(10,5)6/h8-10,14-15H,7H2,1-6H3. The van der Waals surface area contributed by atoms with Gasteiger partial charge in [-0.3, -0.25) is 0 Å². The zero-order valence-corrected chi connectivity index (χ0v) is 10.9. The number of hydrogen-bond acceptors (Lipinski definition) is 2. The summed E-state index contributed by atoms with van der Waals surface area (Å²) in [6, 6.07) is 1.08. The quantitative estimate of drug-likeness (QED) is 0.733. The van der Waals surface area contributed by atoms with Gasteiger partial charge in [-0.1, -0.05) is 41.5 Å². The minimum absolute atomic E-state index is 0.0503. The van der Waals surface area contributed by atoms with Crippen LogP contribution in [0.5, 0.6) is 0 Å². The highest BCUT2D eigenvalue weighted by Gasteiger charge is 2.66. The molecule has 0 bridgehead atoms. The Morgan fingerprint density at radius 3 is 1.73 bits per heavy atom. The minimum Gasteiger partial charge on any atom is -0.392 e. The van der Waals surface area contributed by atoms with E-state index in [9.17, 15) is 5.11 Å². The van der Waals surface area contributed by atoms with Crippen molar-refractivity contribution in [3.8, 4) is 0 Å². The molecule has 2 rings (SSSR count). The second kappa shape index (κ2) is 2.78. The summed E-state index contributed by atoms with van der Waals surface area (Å²) in [6.45, 7) is 13.6. The van der Waals surface area contributed by atoms with Crippen molar-refractivity contribution in [2.75, 3.05) is 0 Å². The Labute approximate surface area is 93.5 Å². The summed E-state index contributed by atoms with van der Waals surface area (Å²) < 4.78 is 0. The Balaban J connectivity index is 1.97. The van der Waals surface area contributed by atoms with Crippen molar-refractivity contribution in [2.24, 2.45) is 16.2 Å². The molecule has 0 spiro atoms. The molecule has 15 heavy (non-hydrogen) atoms. The van der Waals surface area contributed by atoms with E-state index in [0.717, 1.165) is 6.42 Å². The molecule has 0 heterocycles. The lowest BCUT2D eigenvalue weighted by atomic mass is 9.64. The molecule has 2 saturated carbocycles. The Kier molecular flexibility index (Phi) is 2.11. The second-order valence-corrected chi connectivity index (χ2v) is 7.17. The number of nitrogens with one attached hydrogen (secondary N) is 1. The first kappa shape index (κ1) is 11.4. The summed E-state index contributed by atoms with van der Waals surface area (Å²) in [5.74, 6) is 0. The molecule has 88 valence electrons. The first-order valence-corrected chi connectivity index (χ1v) is 6.06. The molecule has 2 atom stereocenters. The van der Waals surface area contributed by atoms with Crippen molar-refractivity contribution >= 4 is 0 Å². The summed E-state index contributed by atoms with van der Waals surface area (Å²) in [7, 11) is 0. The molecule has 0 aromatic heterocycles. The van der Waals surface area contributed by atoms with Gasteiger partial charge in [-0.2, -0.15) is 0 Å². The van der Waals surface area contributed by atoms with Crippen molar-refractivity contribution in [1.82, 2.24) is 5.32 Å². The van der Waals surface area contributed by atoms with Crippen LogP contribution in [0.25, 0.3) is 0 Å². The van der Waals surface area contributed by atoms with Gasteiger partial charge < -0.3 is 10.4 Å². The van der Waals surface area contributed by atoms with E-state index in [0.29, 0.717) is 22.9 Å². The third-order valence-corrected chi connectivity index (χ3v) is 5.60. The molecule has 2 heteroatoms. The predicted octanol–water partition coefficient (Wildman–Crippen LogP) is 2.17. The van der Waals surface area contributed by atoms with E-state index in [1.807, 2.05) is 0 Å². The maximum absolute atomic E-state index is 9.70. The second-order valence-electron chi connectivity index (χ2n) is 7.17. The van der Waals surface area contributed by atoms with Gasteiger partial charge in [0, 0.05) is 17.5 Å². The minimum atomic E-state index is -0.125. The number of aliphatic hydroxyl groups excluding tert-OH is 1. The lowest BCUT2D eigenvalue weighted by molar-refractivity contribution is -0.0743. The summed E-state index contributed by atoms with van der Waals surface area (Å²) in [5, 5.41) is 13.4. The van der Waals surface area contributed by atoms with Crippen LogP contribution >= 0.6 is 0 Å². The smallest absolute Gasteiger partial charge is 0.0621 e. The summed E-state index contributed by atoms with van der Waals surface area (Å²) in [6.07, 6.45) is 0.787. The number of aliphatic hydroxyl groups is 1. The highest BCUT2D eigenvalue weighted by Crippen LogP contribution is 2.63. The molecule has 2 nitrogen and oxygen atoms in total. The van der Waals surface area contributed by atoms with E-state index < -0.39 is 0 Å². The van der Waals surface area contributed by atoms with Gasteiger partial charge in [0.25, 0.3) is 0 Å². The summed E-state index contributed by atoms with van der Waals surface area (Å²) in [5.41, 5.74) is 0.835. The lowest BCUT2D eigenvalue weighted by Gasteiger charge is -2.50. The van der Waals surface area contributed by atoms with Crippen LogP contribution in [0.4, 0.5) is 0 Å². The molecule has 0 aliphatic heterocycles. The molecule has 2 fully saturated rings. The van der Waals surface area contributed by atoms with Gasteiger partial charge in [0.05, 0.1) is 6.10 Å². The van der Waals surface area contributed by atoms with Crippen molar-refractivity contribution in [1.29, 1.82) is 0 Å². The zero-order valence-electron chi connectivity index (χ0n) is 10.9. The van der Waals surface area contributed by atoms with Gasteiger partial charge in [0.2, 0.25) is 0 Å². The number of hydrogen-bond donors (Lipinski definition) is 2. The number of rotatable bonds is 2. The highest BCUT2D eigenvalue weighted by molar-refractivity contribution is 5.20. The fourth-order valence-electron chi connectivity index (χ4n) is 3.00. The Morgan fingerprint density at radius 1 is 1.00 bits per heavy atom.